The van der Waals surface area contributed by atoms with Crippen LogP contribution < -0.4 is 20.7 Å². The van der Waals surface area contributed by atoms with Gasteiger partial charge in [0.2, 0.25) is 5.91 Å². The Morgan fingerprint density at radius 1 is 1.41 bits per heavy atom. The number of likely N-dealkylation sites (N-methyl/N-ethyl adjacent to an activating group) is 1. The van der Waals surface area contributed by atoms with Crippen molar-refractivity contribution in [3.63, 3.8) is 0 Å². The van der Waals surface area contributed by atoms with Gasteiger partial charge in [0, 0.05) is 19.7 Å². The highest BCUT2D eigenvalue weighted by atomic mass is 16.6. The predicted molar refractivity (Wildman–Crippen MR) is 78.6 cm³/mol. The quantitative estimate of drug-likeness (QED) is 0.826. The number of rotatable bonds is 2. The summed E-state index contributed by atoms with van der Waals surface area (Å²) in [5.41, 5.74) is 7.71. The van der Waals surface area contributed by atoms with E-state index in [0.717, 1.165) is 5.69 Å². The zero-order valence-corrected chi connectivity index (χ0v) is 12.0. The maximum atomic E-state index is 11.5. The molecule has 0 bridgehead atoms. The average molecular weight is 302 g/mol. The van der Waals surface area contributed by atoms with Crippen LogP contribution in [0.15, 0.2) is 18.2 Å². The van der Waals surface area contributed by atoms with Crippen LogP contribution >= 0.6 is 0 Å². The molecule has 1 aromatic carbocycles. The molecule has 0 saturated heterocycles. The number of ether oxygens (including phenoxy) is 1. The summed E-state index contributed by atoms with van der Waals surface area (Å²) in [4.78, 5) is 24.3. The van der Waals surface area contributed by atoms with Gasteiger partial charge in [-0.1, -0.05) is 11.3 Å². The van der Waals surface area contributed by atoms with Crippen LogP contribution in [0.1, 0.15) is 0 Å². The maximum absolute atomic E-state index is 11.5. The van der Waals surface area contributed by atoms with Crippen LogP contribution in [0, 0.1) is 0 Å². The van der Waals surface area contributed by atoms with Gasteiger partial charge in [-0.25, -0.2) is 9.48 Å². The van der Waals surface area contributed by atoms with Crippen LogP contribution in [0.2, 0.25) is 0 Å². The molecule has 1 aliphatic rings. The highest BCUT2D eigenvalue weighted by molar-refractivity contribution is 6.01. The van der Waals surface area contributed by atoms with Crippen LogP contribution in [0.5, 0.6) is 5.88 Å². The van der Waals surface area contributed by atoms with Crippen molar-refractivity contribution in [1.29, 1.82) is 0 Å². The number of amides is 2. The summed E-state index contributed by atoms with van der Waals surface area (Å²) in [6, 6.07) is 5.36. The minimum atomic E-state index is -0.936. The van der Waals surface area contributed by atoms with Gasteiger partial charge in [-0.05, 0) is 12.1 Å². The van der Waals surface area contributed by atoms with Crippen LogP contribution in [-0.2, 0) is 11.8 Å². The Morgan fingerprint density at radius 2 is 2.18 bits per heavy atom. The molecule has 9 nitrogen and oxygen atoms in total. The molecule has 0 fully saturated rings. The van der Waals surface area contributed by atoms with E-state index in [1.54, 1.807) is 19.2 Å². The monoisotopic (exact) mass is 302 g/mol. The van der Waals surface area contributed by atoms with Gasteiger partial charge in [-0.3, -0.25) is 4.79 Å². The molecule has 3 rings (SSSR count). The number of benzene rings is 1. The summed E-state index contributed by atoms with van der Waals surface area (Å²) < 4.78 is 6.28. The van der Waals surface area contributed by atoms with E-state index in [1.165, 1.54) is 4.68 Å². The summed E-state index contributed by atoms with van der Waals surface area (Å²) in [5, 5.41) is 10.6. The van der Waals surface area contributed by atoms with E-state index in [0.29, 0.717) is 16.9 Å². The molecule has 2 aromatic rings. The Kier molecular flexibility index (Phi) is 3.17. The Bertz CT molecular complexity index is 769. The largest absolute Gasteiger partial charge is 0.411 e. The van der Waals surface area contributed by atoms with Crippen molar-refractivity contribution >= 4 is 23.4 Å². The van der Waals surface area contributed by atoms with E-state index in [9.17, 15) is 9.59 Å². The molecule has 1 aromatic heterocycles. The number of aromatic nitrogens is 3. The summed E-state index contributed by atoms with van der Waals surface area (Å²) in [6.45, 7) is 0.265. The van der Waals surface area contributed by atoms with Crippen LogP contribution in [0.4, 0.5) is 16.2 Å². The summed E-state index contributed by atoms with van der Waals surface area (Å²) in [5.74, 6) is 0.0925. The van der Waals surface area contributed by atoms with Crippen molar-refractivity contribution in [3.8, 4) is 17.1 Å². The standard InChI is InChI=1S/C13H14N6O3/c1-18-6-10(20)15-8-4-3-7(5-9(8)18)11-12(22-13(14)21)19(2)17-16-11/h3-5H,6H2,1-2H3,(H2,14,21)(H,15,20). The fraction of sp³-hybridized carbons (Fsp3) is 0.231. The summed E-state index contributed by atoms with van der Waals surface area (Å²) in [6.07, 6.45) is -0.936. The second kappa shape index (κ2) is 5.02. The number of carbonyl (C=O) groups is 2. The van der Waals surface area contributed by atoms with Gasteiger partial charge in [0.05, 0.1) is 17.9 Å². The Morgan fingerprint density at radius 3 is 2.91 bits per heavy atom. The average Bonchev–Trinajstić information content (AvgIpc) is 2.79. The molecule has 0 radical (unpaired) electrons. The van der Waals surface area contributed by atoms with E-state index in [4.69, 9.17) is 10.5 Å². The molecule has 1 aliphatic heterocycles. The highest BCUT2D eigenvalue weighted by Gasteiger charge is 2.22. The van der Waals surface area contributed by atoms with Gasteiger partial charge in [0.1, 0.15) is 0 Å². The zero-order valence-electron chi connectivity index (χ0n) is 12.0. The van der Waals surface area contributed by atoms with Gasteiger partial charge >= 0.3 is 6.09 Å². The number of nitrogens with one attached hydrogen (secondary N) is 1. The first-order valence-electron chi connectivity index (χ1n) is 6.48. The second-order valence-electron chi connectivity index (χ2n) is 4.92. The minimum Gasteiger partial charge on any atom is -0.389 e. The van der Waals surface area contributed by atoms with Crippen molar-refractivity contribution in [1.82, 2.24) is 15.0 Å². The third-order valence-corrected chi connectivity index (χ3v) is 3.31. The third-order valence-electron chi connectivity index (χ3n) is 3.31. The lowest BCUT2D eigenvalue weighted by Gasteiger charge is -2.27. The number of nitrogens with zero attached hydrogens (tertiary/aromatic N) is 4. The van der Waals surface area contributed by atoms with E-state index in [-0.39, 0.29) is 18.3 Å². The normalized spacial score (nSPS) is 13.5. The molecule has 114 valence electrons. The van der Waals surface area contributed by atoms with Crippen molar-refractivity contribution in [2.45, 2.75) is 0 Å². The molecule has 2 heterocycles. The van der Waals surface area contributed by atoms with E-state index < -0.39 is 6.09 Å². The first-order chi connectivity index (χ1) is 10.5. The number of hydrogen-bond acceptors (Lipinski definition) is 6. The smallest absolute Gasteiger partial charge is 0.389 e. The maximum Gasteiger partial charge on any atom is 0.411 e. The predicted octanol–water partition coefficient (Wildman–Crippen LogP) is 0.328. The number of nitrogens with two attached hydrogens (primary N) is 1. The van der Waals surface area contributed by atoms with Crippen LogP contribution in [-0.4, -0.2) is 40.6 Å². The van der Waals surface area contributed by atoms with Crippen molar-refractivity contribution in [2.24, 2.45) is 12.8 Å². The first kappa shape index (κ1) is 13.9. The van der Waals surface area contributed by atoms with Gasteiger partial charge in [-0.15, -0.1) is 5.10 Å². The Hall–Kier alpha value is -3.10. The molecular weight excluding hydrogens is 288 g/mol. The molecule has 0 saturated carbocycles. The number of fused-ring (bicyclic) bond motifs is 1. The SMILES string of the molecule is CN1CC(=O)Nc2ccc(-c3nnn(C)c3OC(N)=O)cc21. The molecule has 22 heavy (non-hydrogen) atoms. The highest BCUT2D eigenvalue weighted by Crippen LogP contribution is 2.35. The van der Waals surface area contributed by atoms with Crippen LogP contribution in [0.3, 0.4) is 0 Å². The molecule has 2 amide bonds. The fourth-order valence-electron chi connectivity index (χ4n) is 2.33. The van der Waals surface area contributed by atoms with E-state index in [2.05, 4.69) is 15.6 Å². The topological polar surface area (TPSA) is 115 Å². The van der Waals surface area contributed by atoms with Gasteiger partial charge in [-0.2, -0.15) is 0 Å². The number of primary amides is 1. The second-order valence-corrected chi connectivity index (χ2v) is 4.92. The van der Waals surface area contributed by atoms with Crippen molar-refractivity contribution in [3.05, 3.63) is 18.2 Å². The molecule has 0 aliphatic carbocycles. The number of anilines is 2. The number of hydrogen-bond donors (Lipinski definition) is 2. The first-order valence-corrected chi connectivity index (χ1v) is 6.48. The summed E-state index contributed by atoms with van der Waals surface area (Å²) in [7, 11) is 3.42. The fourth-order valence-corrected chi connectivity index (χ4v) is 2.33. The van der Waals surface area contributed by atoms with Gasteiger partial charge in [0.15, 0.2) is 5.69 Å². The number of carbonyl (C=O) groups excluding carboxylic acids is 2. The van der Waals surface area contributed by atoms with Crippen LogP contribution in [0.25, 0.3) is 11.3 Å². The van der Waals surface area contributed by atoms with Gasteiger partial charge in [0.25, 0.3) is 5.88 Å². The van der Waals surface area contributed by atoms with Gasteiger partial charge < -0.3 is 20.7 Å². The van der Waals surface area contributed by atoms with Crippen molar-refractivity contribution in [2.75, 3.05) is 23.8 Å². The van der Waals surface area contributed by atoms with E-state index >= 15 is 0 Å². The Labute approximate surface area is 125 Å². The summed E-state index contributed by atoms with van der Waals surface area (Å²) >= 11 is 0. The zero-order chi connectivity index (χ0) is 15.9. The minimum absolute atomic E-state index is 0.0694. The number of aryl methyl sites for hydroxylation is 1. The molecule has 9 heteroatoms. The molecular formula is C13H14N6O3. The Balaban J connectivity index is 2.05. The molecule has 0 unspecified atom stereocenters. The lowest BCUT2D eigenvalue weighted by Crippen LogP contribution is -2.35. The van der Waals surface area contributed by atoms with E-state index in [1.807, 2.05) is 18.0 Å². The molecule has 3 N–H and O–H groups in total. The lowest BCUT2D eigenvalue weighted by atomic mass is 10.1. The lowest BCUT2D eigenvalue weighted by molar-refractivity contribution is -0.115. The molecule has 0 atom stereocenters. The molecule has 0 spiro atoms. The third kappa shape index (κ3) is 2.32. The van der Waals surface area contributed by atoms with Crippen molar-refractivity contribution < 1.29 is 14.3 Å².